The number of methoxy groups -OCH3 is 3. The molecule has 0 amide bonds. The molecule has 0 radical (unpaired) electrons. The van der Waals surface area contributed by atoms with Crippen molar-refractivity contribution in [1.29, 1.82) is 0 Å². The van der Waals surface area contributed by atoms with E-state index >= 15 is 0 Å². The normalized spacial score (nSPS) is 14.9. The van der Waals surface area contributed by atoms with Crippen molar-refractivity contribution in [3.63, 3.8) is 0 Å². The maximum Gasteiger partial charge on any atom is 0.338 e. The number of benzene rings is 2. The number of carbonyl (C=O) groups excluding carboxylic acids is 1. The van der Waals surface area contributed by atoms with Crippen LogP contribution in [0.25, 0.3) is 6.08 Å². The maximum atomic E-state index is 13.9. The first kappa shape index (κ1) is 28.4. The van der Waals surface area contributed by atoms with Crippen molar-refractivity contribution in [1.82, 2.24) is 4.57 Å². The molecular weight excluding hydrogens is 588 g/mol. The number of ether oxygens (including phenoxy) is 5. The van der Waals surface area contributed by atoms with E-state index < -0.39 is 12.0 Å². The third-order valence-electron chi connectivity index (χ3n) is 6.10. The summed E-state index contributed by atoms with van der Waals surface area (Å²) < 4.78 is 30.0. The lowest BCUT2D eigenvalue weighted by molar-refractivity contribution is -0.139. The number of allylic oxidation sites excluding steroid dienone is 1. The van der Waals surface area contributed by atoms with Crippen molar-refractivity contribution < 1.29 is 28.5 Å². The third-order valence-corrected chi connectivity index (χ3v) is 7.77. The van der Waals surface area contributed by atoms with Gasteiger partial charge in [-0.1, -0.05) is 33.3 Å². The van der Waals surface area contributed by atoms with Crippen LogP contribution in [0.5, 0.6) is 23.0 Å². The fourth-order valence-electron chi connectivity index (χ4n) is 4.37. The van der Waals surface area contributed by atoms with E-state index in [0.717, 1.165) is 5.56 Å². The highest BCUT2D eigenvalue weighted by Crippen LogP contribution is 2.40. The Morgan fingerprint density at radius 3 is 2.36 bits per heavy atom. The Morgan fingerprint density at radius 2 is 1.72 bits per heavy atom. The Labute approximate surface area is 238 Å². The molecular formula is C28H29BrN2O7S. The second-order valence-electron chi connectivity index (χ2n) is 8.37. The Hall–Kier alpha value is -3.57. The van der Waals surface area contributed by atoms with Crippen LogP contribution in [0.4, 0.5) is 0 Å². The molecule has 0 bridgehead atoms. The Kier molecular flexibility index (Phi) is 8.81. The highest BCUT2D eigenvalue weighted by molar-refractivity contribution is 9.10. The van der Waals surface area contributed by atoms with Gasteiger partial charge in [-0.15, -0.1) is 0 Å². The molecule has 1 atom stereocenters. The molecule has 39 heavy (non-hydrogen) atoms. The van der Waals surface area contributed by atoms with Gasteiger partial charge in [0.05, 0.1) is 56.4 Å². The van der Waals surface area contributed by atoms with Gasteiger partial charge in [0.25, 0.3) is 5.56 Å². The highest BCUT2D eigenvalue weighted by atomic mass is 79.9. The fourth-order valence-corrected chi connectivity index (χ4v) is 5.95. The van der Waals surface area contributed by atoms with Gasteiger partial charge in [0, 0.05) is 4.47 Å². The zero-order valence-corrected chi connectivity index (χ0v) is 24.9. The molecule has 1 aliphatic rings. The van der Waals surface area contributed by atoms with Crippen LogP contribution in [0.1, 0.15) is 37.9 Å². The summed E-state index contributed by atoms with van der Waals surface area (Å²) in [6.07, 6.45) is 1.77. The second-order valence-corrected chi connectivity index (χ2v) is 10.2. The molecule has 1 aromatic heterocycles. The van der Waals surface area contributed by atoms with Crippen LogP contribution >= 0.6 is 27.3 Å². The van der Waals surface area contributed by atoms with Crippen LogP contribution in [-0.2, 0) is 9.53 Å². The molecule has 0 unspecified atom stereocenters. The predicted octanol–water partition coefficient (Wildman–Crippen LogP) is 3.99. The van der Waals surface area contributed by atoms with Crippen LogP contribution in [0.2, 0.25) is 0 Å². The van der Waals surface area contributed by atoms with Crippen molar-refractivity contribution >= 4 is 39.3 Å². The standard InChI is InChI=1S/C28H29BrN2O7S/c1-7-37-22-11-16(9-10-19(22)34-4)12-23-26(32)31-25(17-13-20(35-5)21(36-6)14-18(17)29)24(27(33)38-8-2)15(3)30-28(31)39-23/h9-14,25H,7-8H2,1-6H3/b23-12-/t25-/m0/s1. The van der Waals surface area contributed by atoms with Crippen LogP contribution in [0.15, 0.2) is 55.9 Å². The summed E-state index contributed by atoms with van der Waals surface area (Å²) in [6, 6.07) is 8.14. The summed E-state index contributed by atoms with van der Waals surface area (Å²) in [6.45, 7) is 6.01. The molecule has 9 nitrogen and oxygen atoms in total. The van der Waals surface area contributed by atoms with Gasteiger partial charge in [0.15, 0.2) is 27.8 Å². The molecule has 0 N–H and O–H groups in total. The molecule has 0 saturated carbocycles. The summed E-state index contributed by atoms with van der Waals surface area (Å²) in [5, 5.41) is 0. The summed E-state index contributed by atoms with van der Waals surface area (Å²) in [7, 11) is 4.64. The monoisotopic (exact) mass is 616 g/mol. The van der Waals surface area contributed by atoms with E-state index in [1.165, 1.54) is 30.1 Å². The molecule has 11 heteroatoms. The van der Waals surface area contributed by atoms with E-state index in [1.54, 1.807) is 45.2 Å². The summed E-state index contributed by atoms with van der Waals surface area (Å²) in [5.41, 5.74) is 1.83. The lowest BCUT2D eigenvalue weighted by Crippen LogP contribution is -2.40. The van der Waals surface area contributed by atoms with Crippen molar-refractivity contribution in [2.75, 3.05) is 34.5 Å². The number of nitrogens with zero attached hydrogens (tertiary/aromatic N) is 2. The van der Waals surface area contributed by atoms with E-state index in [9.17, 15) is 9.59 Å². The minimum atomic E-state index is -0.813. The molecule has 206 valence electrons. The molecule has 2 aromatic carbocycles. The Morgan fingerprint density at radius 1 is 1.03 bits per heavy atom. The highest BCUT2D eigenvalue weighted by Gasteiger charge is 2.35. The van der Waals surface area contributed by atoms with Gasteiger partial charge >= 0.3 is 5.97 Å². The zero-order chi connectivity index (χ0) is 28.3. The largest absolute Gasteiger partial charge is 0.493 e. The molecule has 1 aliphatic heterocycles. The van der Waals surface area contributed by atoms with Crippen molar-refractivity contribution in [3.8, 4) is 23.0 Å². The number of fused-ring (bicyclic) bond motifs is 1. The van der Waals surface area contributed by atoms with E-state index in [2.05, 4.69) is 20.9 Å². The van der Waals surface area contributed by atoms with Gasteiger partial charge in [-0.05, 0) is 62.2 Å². The first-order valence-electron chi connectivity index (χ1n) is 12.2. The number of thiazole rings is 1. The second kappa shape index (κ2) is 12.1. The molecule has 4 rings (SSSR count). The summed E-state index contributed by atoms with van der Waals surface area (Å²) in [4.78, 5) is 32.2. The number of hydrogen-bond donors (Lipinski definition) is 0. The van der Waals surface area contributed by atoms with Crippen LogP contribution in [0.3, 0.4) is 0 Å². The van der Waals surface area contributed by atoms with E-state index in [-0.39, 0.29) is 17.7 Å². The number of esters is 1. The first-order chi connectivity index (χ1) is 18.8. The number of halogens is 1. The predicted molar refractivity (Wildman–Crippen MR) is 152 cm³/mol. The average molecular weight is 618 g/mol. The van der Waals surface area contributed by atoms with Gasteiger partial charge in [-0.25, -0.2) is 9.79 Å². The lowest BCUT2D eigenvalue weighted by Gasteiger charge is -2.26. The third kappa shape index (κ3) is 5.46. The molecule has 0 fully saturated rings. The van der Waals surface area contributed by atoms with Crippen molar-refractivity contribution in [3.05, 3.63) is 76.9 Å². The topological polar surface area (TPSA) is 97.6 Å². The van der Waals surface area contributed by atoms with E-state index in [1.807, 2.05) is 19.1 Å². The van der Waals surface area contributed by atoms with Crippen LogP contribution < -0.4 is 33.8 Å². The smallest absolute Gasteiger partial charge is 0.338 e. The Balaban J connectivity index is 1.97. The van der Waals surface area contributed by atoms with Gasteiger partial charge in [-0.2, -0.15) is 0 Å². The fraction of sp³-hybridized carbons (Fsp3) is 0.321. The molecule has 0 spiro atoms. The van der Waals surface area contributed by atoms with Gasteiger partial charge in [-0.3, -0.25) is 9.36 Å². The number of carbonyl (C=O) groups is 1. The van der Waals surface area contributed by atoms with Crippen molar-refractivity contribution in [2.24, 2.45) is 4.99 Å². The SMILES string of the molecule is CCOC(=O)C1=C(C)N=c2s/c(=C\c3ccc(OC)c(OCC)c3)c(=O)n2[C@H]1c1cc(OC)c(OC)cc1Br. The van der Waals surface area contributed by atoms with Crippen LogP contribution in [-0.4, -0.2) is 45.1 Å². The molecule has 2 heterocycles. The van der Waals surface area contributed by atoms with Crippen LogP contribution in [0, 0.1) is 0 Å². The first-order valence-corrected chi connectivity index (χ1v) is 13.8. The summed E-state index contributed by atoms with van der Waals surface area (Å²) >= 11 is 4.85. The Bertz CT molecular complexity index is 1620. The van der Waals surface area contributed by atoms with Crippen molar-refractivity contribution in [2.45, 2.75) is 26.8 Å². The average Bonchev–Trinajstić information content (AvgIpc) is 3.22. The minimum absolute atomic E-state index is 0.180. The summed E-state index contributed by atoms with van der Waals surface area (Å²) in [5.74, 6) is 1.59. The van der Waals surface area contributed by atoms with E-state index in [0.29, 0.717) is 54.7 Å². The molecule has 0 saturated heterocycles. The van der Waals surface area contributed by atoms with Gasteiger partial charge in [0.1, 0.15) is 0 Å². The number of aromatic nitrogens is 1. The quantitative estimate of drug-likeness (QED) is 0.335. The molecule has 0 aliphatic carbocycles. The van der Waals surface area contributed by atoms with E-state index in [4.69, 9.17) is 23.7 Å². The zero-order valence-electron chi connectivity index (χ0n) is 22.5. The van der Waals surface area contributed by atoms with Gasteiger partial charge < -0.3 is 23.7 Å². The molecule has 3 aromatic rings. The lowest BCUT2D eigenvalue weighted by atomic mass is 9.95. The number of rotatable bonds is 9. The maximum absolute atomic E-state index is 13.9. The number of hydrogen-bond acceptors (Lipinski definition) is 9. The van der Waals surface area contributed by atoms with Gasteiger partial charge in [0.2, 0.25) is 0 Å². The minimum Gasteiger partial charge on any atom is -0.493 e.